The summed E-state index contributed by atoms with van der Waals surface area (Å²) in [7, 11) is 0. The number of pyridine rings is 1. The number of anilines is 1. The number of nitrogens with zero attached hydrogens (tertiary/aromatic N) is 3. The van der Waals surface area contributed by atoms with Crippen molar-refractivity contribution >= 4 is 29.5 Å². The molecule has 178 valence electrons. The Morgan fingerprint density at radius 1 is 1.38 bits per heavy atom. The summed E-state index contributed by atoms with van der Waals surface area (Å²) in [5.74, 6) is -0.741. The Morgan fingerprint density at radius 2 is 2.12 bits per heavy atom. The highest BCUT2D eigenvalue weighted by atomic mass is 35.5. The van der Waals surface area contributed by atoms with Crippen LogP contribution in [0.15, 0.2) is 6.07 Å². The van der Waals surface area contributed by atoms with Crippen molar-refractivity contribution < 1.29 is 28.9 Å². The van der Waals surface area contributed by atoms with Crippen LogP contribution in [0.3, 0.4) is 0 Å². The van der Waals surface area contributed by atoms with E-state index in [0.29, 0.717) is 39.4 Å². The Hall–Kier alpha value is -2.30. The van der Waals surface area contributed by atoms with Crippen molar-refractivity contribution in [1.29, 1.82) is 0 Å². The number of rotatable bonds is 5. The molecule has 3 rings (SSSR count). The van der Waals surface area contributed by atoms with Gasteiger partial charge in [-0.2, -0.15) is 0 Å². The number of carbonyl (C=O) groups is 2. The van der Waals surface area contributed by atoms with Gasteiger partial charge in [0.25, 0.3) is 0 Å². The van der Waals surface area contributed by atoms with E-state index in [1.54, 1.807) is 4.90 Å². The van der Waals surface area contributed by atoms with Crippen LogP contribution in [0.25, 0.3) is 0 Å². The van der Waals surface area contributed by atoms with E-state index in [9.17, 15) is 14.7 Å². The normalized spacial score (nSPS) is 21.9. The molecule has 1 amide bonds. The van der Waals surface area contributed by atoms with Crippen molar-refractivity contribution in [2.24, 2.45) is 0 Å². The molecule has 2 N–H and O–H groups in total. The number of halogens is 1. The van der Waals surface area contributed by atoms with Gasteiger partial charge in [0.15, 0.2) is 0 Å². The molecule has 32 heavy (non-hydrogen) atoms. The van der Waals surface area contributed by atoms with Gasteiger partial charge >= 0.3 is 12.1 Å². The lowest BCUT2D eigenvalue weighted by molar-refractivity contribution is 0.0178. The second-order valence-electron chi connectivity index (χ2n) is 8.95. The summed E-state index contributed by atoms with van der Waals surface area (Å²) in [5, 5.41) is 13.3. The van der Waals surface area contributed by atoms with Crippen LogP contribution in [-0.2, 0) is 9.47 Å². The summed E-state index contributed by atoms with van der Waals surface area (Å²) in [4.78, 5) is 32.3. The van der Waals surface area contributed by atoms with Crippen LogP contribution < -0.4 is 15.0 Å². The molecule has 0 aliphatic carbocycles. The number of carboxylic acid groups (broad SMARTS) is 1. The third-order valence-electron chi connectivity index (χ3n) is 5.13. The Morgan fingerprint density at radius 3 is 2.78 bits per heavy atom. The first-order valence-corrected chi connectivity index (χ1v) is 11.1. The van der Waals surface area contributed by atoms with E-state index in [1.165, 1.54) is 6.07 Å². The summed E-state index contributed by atoms with van der Waals surface area (Å²) in [6.07, 6.45) is -0.384. The van der Waals surface area contributed by atoms with Gasteiger partial charge in [0.1, 0.15) is 34.5 Å². The minimum atomic E-state index is -1.15. The number of morpholine rings is 1. The molecule has 0 spiro atoms. The molecule has 2 saturated heterocycles. The molecular formula is C21H31ClN4O6. The predicted octanol–water partition coefficient (Wildman–Crippen LogP) is 2.25. The van der Waals surface area contributed by atoms with E-state index < -0.39 is 11.6 Å². The molecule has 1 aromatic rings. The van der Waals surface area contributed by atoms with Crippen LogP contribution >= 0.6 is 11.6 Å². The van der Waals surface area contributed by atoms with Crippen molar-refractivity contribution in [2.45, 2.75) is 45.4 Å². The fourth-order valence-corrected chi connectivity index (χ4v) is 3.84. The first kappa shape index (κ1) is 24.3. The molecule has 0 saturated carbocycles. The molecule has 0 aromatic carbocycles. The minimum Gasteiger partial charge on any atom is -0.491 e. The molecule has 2 atom stereocenters. The second kappa shape index (κ2) is 10.1. The van der Waals surface area contributed by atoms with Gasteiger partial charge in [0.05, 0.1) is 25.3 Å². The third kappa shape index (κ3) is 6.14. The lowest BCUT2D eigenvalue weighted by Crippen LogP contribution is -2.55. The van der Waals surface area contributed by atoms with Gasteiger partial charge in [-0.25, -0.2) is 14.6 Å². The Kier molecular flexibility index (Phi) is 7.68. The Labute approximate surface area is 192 Å². The molecule has 1 aromatic heterocycles. The van der Waals surface area contributed by atoms with Gasteiger partial charge in [-0.05, 0) is 27.7 Å². The number of piperazine rings is 1. The van der Waals surface area contributed by atoms with Gasteiger partial charge in [0.2, 0.25) is 0 Å². The number of hydrogen-bond acceptors (Lipinski definition) is 8. The zero-order chi connectivity index (χ0) is 23.5. The SMILES string of the molecule is C[C@@H]1COCCN1c1nc(Cl)cc(OC[C@H]2CN(C(=O)OC(C)(C)C)CCN2)c1C(=O)O. The second-order valence-corrected chi connectivity index (χ2v) is 9.34. The lowest BCUT2D eigenvalue weighted by Gasteiger charge is -2.36. The molecule has 2 fully saturated rings. The number of amides is 1. The van der Waals surface area contributed by atoms with Crippen LogP contribution in [0.5, 0.6) is 5.75 Å². The van der Waals surface area contributed by atoms with Crippen molar-refractivity contribution in [3.63, 3.8) is 0 Å². The van der Waals surface area contributed by atoms with E-state index in [4.69, 9.17) is 25.8 Å². The average molecular weight is 471 g/mol. The molecule has 2 aliphatic heterocycles. The Balaban J connectivity index is 1.74. The molecular weight excluding hydrogens is 440 g/mol. The maximum absolute atomic E-state index is 12.4. The minimum absolute atomic E-state index is 0.0389. The average Bonchev–Trinajstić information content (AvgIpc) is 2.71. The molecule has 10 nitrogen and oxygen atoms in total. The summed E-state index contributed by atoms with van der Waals surface area (Å²) in [6.45, 7) is 10.5. The van der Waals surface area contributed by atoms with E-state index in [0.717, 1.165) is 0 Å². The van der Waals surface area contributed by atoms with E-state index in [1.807, 2.05) is 32.6 Å². The number of hydrogen-bond donors (Lipinski definition) is 2. The highest BCUT2D eigenvalue weighted by molar-refractivity contribution is 6.29. The first-order valence-electron chi connectivity index (χ1n) is 10.7. The van der Waals surface area contributed by atoms with Gasteiger partial charge in [-0.1, -0.05) is 11.6 Å². The zero-order valence-electron chi connectivity index (χ0n) is 18.9. The molecule has 11 heteroatoms. The van der Waals surface area contributed by atoms with Crippen LogP contribution in [0.4, 0.5) is 10.6 Å². The number of carboxylic acids is 1. The first-order chi connectivity index (χ1) is 15.0. The largest absolute Gasteiger partial charge is 0.491 e. The lowest BCUT2D eigenvalue weighted by atomic mass is 10.1. The maximum Gasteiger partial charge on any atom is 0.410 e. The fourth-order valence-electron chi connectivity index (χ4n) is 3.66. The van der Waals surface area contributed by atoms with Crippen molar-refractivity contribution in [2.75, 3.05) is 50.9 Å². The Bertz CT molecular complexity index is 846. The van der Waals surface area contributed by atoms with E-state index >= 15 is 0 Å². The van der Waals surface area contributed by atoms with Gasteiger partial charge < -0.3 is 34.4 Å². The van der Waals surface area contributed by atoms with Crippen LogP contribution in [0.1, 0.15) is 38.1 Å². The number of aromatic nitrogens is 1. The van der Waals surface area contributed by atoms with Crippen molar-refractivity contribution in [1.82, 2.24) is 15.2 Å². The van der Waals surface area contributed by atoms with E-state index in [2.05, 4.69) is 10.3 Å². The third-order valence-corrected chi connectivity index (χ3v) is 5.33. The number of nitrogens with one attached hydrogen (secondary N) is 1. The molecule has 3 heterocycles. The monoisotopic (exact) mass is 470 g/mol. The van der Waals surface area contributed by atoms with Crippen LogP contribution in [-0.4, -0.2) is 90.7 Å². The molecule has 2 aliphatic rings. The van der Waals surface area contributed by atoms with Crippen molar-refractivity contribution in [3.8, 4) is 5.75 Å². The summed E-state index contributed by atoms with van der Waals surface area (Å²) < 4.78 is 16.8. The highest BCUT2D eigenvalue weighted by Crippen LogP contribution is 2.32. The van der Waals surface area contributed by atoms with Gasteiger partial charge in [0, 0.05) is 32.2 Å². The van der Waals surface area contributed by atoms with E-state index in [-0.39, 0.29) is 47.1 Å². The molecule has 0 bridgehead atoms. The smallest absolute Gasteiger partial charge is 0.410 e. The summed E-state index contributed by atoms with van der Waals surface area (Å²) >= 11 is 6.21. The van der Waals surface area contributed by atoms with Gasteiger partial charge in [-0.3, -0.25) is 0 Å². The zero-order valence-corrected chi connectivity index (χ0v) is 19.6. The topological polar surface area (TPSA) is 113 Å². The quantitative estimate of drug-likeness (QED) is 0.625. The number of carbonyl (C=O) groups excluding carboxylic acids is 1. The molecule has 0 radical (unpaired) electrons. The maximum atomic E-state index is 12.4. The molecule has 0 unspecified atom stereocenters. The number of aromatic carboxylic acids is 1. The fraction of sp³-hybridized carbons (Fsp3) is 0.667. The standard InChI is InChI=1S/C21H31ClN4O6/c1-13-11-30-8-7-26(13)18-17(19(27)28)15(9-16(22)24-18)31-12-14-10-25(6-5-23-14)20(29)32-21(2,3)4/h9,13-14,23H,5-8,10-12H2,1-4H3,(H,27,28)/t13-,14-/m1/s1. The van der Waals surface area contributed by atoms with Gasteiger partial charge in [-0.15, -0.1) is 0 Å². The summed E-state index contributed by atoms with van der Waals surface area (Å²) in [6, 6.07) is 1.16. The summed E-state index contributed by atoms with van der Waals surface area (Å²) in [5.41, 5.74) is -0.617. The van der Waals surface area contributed by atoms with Crippen LogP contribution in [0, 0.1) is 0 Å². The van der Waals surface area contributed by atoms with Crippen LogP contribution in [0.2, 0.25) is 5.15 Å². The number of ether oxygens (including phenoxy) is 3. The highest BCUT2D eigenvalue weighted by Gasteiger charge is 2.31. The van der Waals surface area contributed by atoms with Crippen molar-refractivity contribution in [3.05, 3.63) is 16.8 Å². The predicted molar refractivity (Wildman–Crippen MR) is 119 cm³/mol.